The summed E-state index contributed by atoms with van der Waals surface area (Å²) in [4.78, 5) is 2.43. The Balaban J connectivity index is 2.12. The third-order valence-corrected chi connectivity index (χ3v) is 3.94. The zero-order valence-corrected chi connectivity index (χ0v) is 8.31. The van der Waals surface area contributed by atoms with E-state index in [2.05, 4.69) is 23.2 Å². The molecule has 2 saturated heterocycles. The quantitative estimate of drug-likeness (QED) is 0.411. The second-order valence-electron chi connectivity index (χ2n) is 3.73. The molecule has 0 spiro atoms. The van der Waals surface area contributed by atoms with Gasteiger partial charge in [0.25, 0.3) is 0 Å². The van der Waals surface area contributed by atoms with Crippen LogP contribution in [0.1, 0.15) is 19.8 Å². The van der Waals surface area contributed by atoms with Gasteiger partial charge in [0, 0.05) is 5.75 Å². The van der Waals surface area contributed by atoms with E-state index in [4.69, 9.17) is 0 Å². The lowest BCUT2D eigenvalue weighted by molar-refractivity contribution is 0.223. The van der Waals surface area contributed by atoms with Crippen LogP contribution in [0.2, 0.25) is 0 Å². The van der Waals surface area contributed by atoms with E-state index in [9.17, 15) is 0 Å². The van der Waals surface area contributed by atoms with E-state index < -0.39 is 0 Å². The molecule has 0 N–H and O–H groups in total. The maximum absolute atomic E-state index is 4.05. The molecule has 2 atom stereocenters. The van der Waals surface area contributed by atoms with Crippen LogP contribution in [0.3, 0.4) is 0 Å². The van der Waals surface area contributed by atoms with Crippen molar-refractivity contribution in [3.63, 3.8) is 0 Å². The van der Waals surface area contributed by atoms with Gasteiger partial charge in [-0.1, -0.05) is 6.92 Å². The van der Waals surface area contributed by atoms with Crippen LogP contribution in [0, 0.1) is 5.92 Å². The van der Waals surface area contributed by atoms with Gasteiger partial charge in [-0.25, -0.2) is 9.57 Å². The standard InChI is InChI=1S/C9H15N2S/c1-7-3-4-11-8(5-7)6-12-9(11)10-2/h7-8H,2-6H2,1H3/q+1. The molecule has 2 fully saturated rings. The van der Waals surface area contributed by atoms with Crippen LogP contribution in [-0.2, 0) is 0 Å². The Labute approximate surface area is 77.8 Å². The minimum atomic E-state index is 0.749. The van der Waals surface area contributed by atoms with Crippen molar-refractivity contribution in [2.24, 2.45) is 5.92 Å². The van der Waals surface area contributed by atoms with E-state index in [1.165, 1.54) is 25.1 Å². The van der Waals surface area contributed by atoms with E-state index in [1.54, 1.807) is 0 Å². The third kappa shape index (κ3) is 1.27. The zero-order valence-electron chi connectivity index (χ0n) is 7.49. The number of fused-ring (bicyclic) bond motifs is 1. The van der Waals surface area contributed by atoms with Crippen molar-refractivity contribution in [3.8, 4) is 0 Å². The fourth-order valence-corrected chi connectivity index (χ4v) is 3.21. The summed E-state index contributed by atoms with van der Waals surface area (Å²) >= 11 is 1.86. The smallest absolute Gasteiger partial charge is 0.239 e. The van der Waals surface area contributed by atoms with Gasteiger partial charge in [0.15, 0.2) is 6.72 Å². The molecule has 2 aliphatic heterocycles. The molecule has 0 bridgehead atoms. The fraction of sp³-hybridized carbons (Fsp3) is 0.778. The Hall–Kier alpha value is -0.400. The highest BCUT2D eigenvalue weighted by Gasteiger charge is 2.41. The molecule has 0 amide bonds. The maximum Gasteiger partial charge on any atom is 0.405 e. The van der Waals surface area contributed by atoms with Crippen molar-refractivity contribution in [1.82, 2.24) is 9.57 Å². The largest absolute Gasteiger partial charge is 0.405 e. The van der Waals surface area contributed by atoms with Crippen molar-refractivity contribution in [1.29, 1.82) is 0 Å². The molecule has 0 saturated carbocycles. The molecule has 0 aromatic carbocycles. The molecule has 2 aliphatic rings. The van der Waals surface area contributed by atoms with Gasteiger partial charge in [-0.3, -0.25) is 0 Å². The Morgan fingerprint density at radius 2 is 2.50 bits per heavy atom. The summed E-state index contributed by atoms with van der Waals surface area (Å²) in [5.74, 6) is 2.12. The first-order chi connectivity index (χ1) is 5.81. The summed E-state index contributed by atoms with van der Waals surface area (Å²) in [6, 6.07) is 0.749. The summed E-state index contributed by atoms with van der Waals surface area (Å²) in [5, 5.41) is 1.16. The van der Waals surface area contributed by atoms with Crippen LogP contribution < -0.4 is 4.67 Å². The minimum absolute atomic E-state index is 0.749. The lowest BCUT2D eigenvalue weighted by Crippen LogP contribution is -2.41. The molecule has 2 rings (SSSR count). The summed E-state index contributed by atoms with van der Waals surface area (Å²) in [5.41, 5.74) is 0. The average molecular weight is 183 g/mol. The molecule has 0 aromatic heterocycles. The van der Waals surface area contributed by atoms with E-state index in [0.29, 0.717) is 0 Å². The van der Waals surface area contributed by atoms with Gasteiger partial charge in [0.05, 0.1) is 6.54 Å². The molecule has 3 heteroatoms. The molecule has 66 valence electrons. The number of hydrogen-bond acceptors (Lipinski definition) is 1. The number of rotatable bonds is 0. The topological polar surface area (TPSA) is 17.3 Å². The average Bonchev–Trinajstić information content (AvgIpc) is 2.46. The van der Waals surface area contributed by atoms with Crippen LogP contribution in [0.5, 0.6) is 0 Å². The van der Waals surface area contributed by atoms with Crippen molar-refractivity contribution in [2.75, 3.05) is 12.3 Å². The van der Waals surface area contributed by atoms with Crippen molar-refractivity contribution in [2.45, 2.75) is 25.8 Å². The van der Waals surface area contributed by atoms with Crippen molar-refractivity contribution >= 4 is 23.6 Å². The van der Waals surface area contributed by atoms with Crippen LogP contribution in [0.15, 0.2) is 0 Å². The highest BCUT2D eigenvalue weighted by atomic mass is 32.2. The van der Waals surface area contributed by atoms with Gasteiger partial charge in [-0.2, -0.15) is 0 Å². The zero-order chi connectivity index (χ0) is 8.55. The van der Waals surface area contributed by atoms with Gasteiger partial charge >= 0.3 is 5.17 Å². The number of thioether (sulfide) groups is 1. The predicted octanol–water partition coefficient (Wildman–Crippen LogP) is 0.958. The molecule has 2 unspecified atom stereocenters. The van der Waals surface area contributed by atoms with Crippen LogP contribution in [-0.4, -0.2) is 35.1 Å². The Bertz CT molecular complexity index is 233. The normalized spacial score (nSPS) is 34.8. The first kappa shape index (κ1) is 8.21. The maximum atomic E-state index is 4.05. The fourth-order valence-electron chi connectivity index (χ4n) is 2.05. The SMILES string of the molecule is C=[N+]=C1SCC2CC(C)CCN12. The third-order valence-electron chi connectivity index (χ3n) is 2.76. The Morgan fingerprint density at radius 3 is 3.25 bits per heavy atom. The highest BCUT2D eigenvalue weighted by Crippen LogP contribution is 2.32. The number of nitrogens with zero attached hydrogens (tertiary/aromatic N) is 2. The first-order valence-electron chi connectivity index (χ1n) is 4.54. The van der Waals surface area contributed by atoms with Gasteiger partial charge in [-0.05, 0) is 30.5 Å². The monoisotopic (exact) mass is 183 g/mol. The number of amidine groups is 1. The van der Waals surface area contributed by atoms with Crippen LogP contribution in [0.25, 0.3) is 0 Å². The van der Waals surface area contributed by atoms with E-state index >= 15 is 0 Å². The second kappa shape index (κ2) is 3.15. The van der Waals surface area contributed by atoms with Gasteiger partial charge in [-0.15, -0.1) is 0 Å². The summed E-state index contributed by atoms with van der Waals surface area (Å²) < 4.78 is 4.05. The van der Waals surface area contributed by atoms with Gasteiger partial charge < -0.3 is 0 Å². The molecule has 0 radical (unpaired) electrons. The molecule has 12 heavy (non-hydrogen) atoms. The van der Waals surface area contributed by atoms with E-state index in [-0.39, 0.29) is 0 Å². The van der Waals surface area contributed by atoms with Crippen LogP contribution in [0.4, 0.5) is 0 Å². The summed E-state index contributed by atoms with van der Waals surface area (Å²) in [7, 11) is 0. The predicted molar refractivity (Wildman–Crippen MR) is 55.6 cm³/mol. The highest BCUT2D eigenvalue weighted by molar-refractivity contribution is 8.14. The Morgan fingerprint density at radius 1 is 1.67 bits per heavy atom. The first-order valence-corrected chi connectivity index (χ1v) is 5.53. The van der Waals surface area contributed by atoms with Crippen LogP contribution >= 0.6 is 11.8 Å². The molecule has 0 aliphatic carbocycles. The molecule has 0 aromatic rings. The van der Waals surface area contributed by atoms with E-state index in [1.807, 2.05) is 11.8 Å². The molecule has 2 nitrogen and oxygen atoms in total. The Kier molecular flexibility index (Phi) is 2.16. The lowest BCUT2D eigenvalue weighted by atomic mass is 9.94. The van der Waals surface area contributed by atoms with Crippen molar-refractivity contribution in [3.05, 3.63) is 0 Å². The number of hydrogen-bond donors (Lipinski definition) is 0. The molecular formula is C9H15N2S+. The lowest BCUT2D eigenvalue weighted by Gasteiger charge is -2.27. The van der Waals surface area contributed by atoms with Gasteiger partial charge in [0.1, 0.15) is 6.04 Å². The number of piperidine rings is 1. The molecule has 2 heterocycles. The summed E-state index contributed by atoms with van der Waals surface area (Å²) in [6.45, 7) is 7.14. The second-order valence-corrected chi connectivity index (χ2v) is 4.72. The van der Waals surface area contributed by atoms with Gasteiger partial charge in [0.2, 0.25) is 0 Å². The molecular weight excluding hydrogens is 168 g/mol. The van der Waals surface area contributed by atoms with Crippen molar-refractivity contribution < 1.29 is 0 Å². The van der Waals surface area contributed by atoms with E-state index in [0.717, 1.165) is 17.1 Å². The summed E-state index contributed by atoms with van der Waals surface area (Å²) in [6.07, 6.45) is 2.65. The minimum Gasteiger partial charge on any atom is -0.239 e.